The van der Waals surface area contributed by atoms with E-state index in [2.05, 4.69) is 93.7 Å². The lowest BCUT2D eigenvalue weighted by Crippen LogP contribution is -2.63. The predicted molar refractivity (Wildman–Crippen MR) is 237 cm³/mol. The minimum atomic E-state index is -2.59. The van der Waals surface area contributed by atoms with Gasteiger partial charge < -0.3 is 32.9 Å². The number of benzene rings is 3. The minimum Gasteiger partial charge on any atom is -0.497 e. The Hall–Kier alpha value is -1.77. The van der Waals surface area contributed by atoms with Crippen LogP contribution in [0.15, 0.2) is 84.9 Å². The monoisotopic (exact) mass is 848 g/mol. The summed E-state index contributed by atoms with van der Waals surface area (Å²) in [6, 6.07) is 27.9. The molecule has 0 aliphatic heterocycles. The van der Waals surface area contributed by atoms with Crippen molar-refractivity contribution >= 4 is 39.8 Å². The Morgan fingerprint density at radius 3 is 1.48 bits per heavy atom. The largest absolute Gasteiger partial charge is 0.497 e. The molecule has 0 saturated heterocycles. The highest BCUT2D eigenvalue weighted by Crippen LogP contribution is 2.46. The number of ether oxygens (including phenoxy) is 4. The van der Waals surface area contributed by atoms with Crippen molar-refractivity contribution in [2.24, 2.45) is 5.41 Å². The van der Waals surface area contributed by atoms with Gasteiger partial charge in [0.15, 0.2) is 16.6 Å². The van der Waals surface area contributed by atoms with E-state index >= 15 is 0 Å². The van der Waals surface area contributed by atoms with E-state index in [1.807, 2.05) is 72.8 Å². The van der Waals surface area contributed by atoms with E-state index < -0.39 is 56.9 Å². The highest BCUT2D eigenvalue weighted by atomic mass is 35.5. The first-order valence-electron chi connectivity index (χ1n) is 19.7. The van der Waals surface area contributed by atoms with Gasteiger partial charge in [-0.15, -0.1) is 0 Å². The summed E-state index contributed by atoms with van der Waals surface area (Å²) < 4.78 is 39.2. The third kappa shape index (κ3) is 13.6. The van der Waals surface area contributed by atoms with Gasteiger partial charge >= 0.3 is 0 Å². The average Bonchev–Trinajstić information content (AvgIpc) is 3.11. The van der Waals surface area contributed by atoms with Crippen LogP contribution in [0.1, 0.15) is 79.0 Å². The van der Waals surface area contributed by atoms with Gasteiger partial charge in [-0.25, -0.2) is 0 Å². The van der Waals surface area contributed by atoms with Crippen molar-refractivity contribution in [3.63, 3.8) is 0 Å². The maximum absolute atomic E-state index is 12.1. The molecular formula is C45H70Cl2O7Si2. The molecule has 3 aromatic rings. The SMILES string of the molecule is COc1ccc(CO[C@@H]([C@H](CO[Si](C)(C)C(C)(C)C)OCc2ccccc2)C(C)(C)[C@@H](O[Si](C)(C)C(C)(C)C)[C@@H](OCc2ccccc2)C(O)C(C)(Cl)Cl)cc1. The maximum atomic E-state index is 12.1. The van der Waals surface area contributed by atoms with Gasteiger partial charge in [-0.3, -0.25) is 0 Å². The van der Waals surface area contributed by atoms with Crippen molar-refractivity contribution in [2.45, 2.75) is 153 Å². The number of methoxy groups -OCH3 is 1. The first-order chi connectivity index (χ1) is 25.8. The van der Waals surface area contributed by atoms with Crippen LogP contribution in [-0.4, -0.2) is 70.3 Å². The molecule has 56 heavy (non-hydrogen) atoms. The van der Waals surface area contributed by atoms with E-state index in [1.165, 1.54) is 0 Å². The molecule has 0 aliphatic rings. The third-order valence-electron chi connectivity index (χ3n) is 11.8. The van der Waals surface area contributed by atoms with Crippen molar-refractivity contribution in [2.75, 3.05) is 13.7 Å². The van der Waals surface area contributed by atoms with Crippen LogP contribution in [0.4, 0.5) is 0 Å². The molecule has 3 rings (SSSR count). The standard InChI is InChI=1S/C45H70Cl2O7Si2/c1-42(2,3)55(11,12)53-32-37(50-29-33-21-17-15-18-22-33)40(52-31-35-25-27-36(49-10)28-26-35)44(7,8)41(54-56(13,14)43(4,5)6)38(39(48)45(9,46)47)51-30-34-23-19-16-20-24-34/h15-28,37-41,48H,29-32H2,1-14H3/t37-,38-,39?,40-,41-/m0/s1. The molecule has 5 atom stereocenters. The molecular weight excluding hydrogens is 780 g/mol. The normalized spacial score (nSPS) is 16.2. The molecule has 0 saturated carbocycles. The van der Waals surface area contributed by atoms with E-state index in [9.17, 15) is 5.11 Å². The van der Waals surface area contributed by atoms with Crippen LogP contribution in [0.25, 0.3) is 0 Å². The van der Waals surface area contributed by atoms with Crippen LogP contribution < -0.4 is 4.74 Å². The topological polar surface area (TPSA) is 75.6 Å². The molecule has 314 valence electrons. The number of halogens is 2. The molecule has 0 fully saturated rings. The summed E-state index contributed by atoms with van der Waals surface area (Å²) in [7, 11) is -3.19. The van der Waals surface area contributed by atoms with Crippen molar-refractivity contribution in [3.05, 3.63) is 102 Å². The zero-order valence-corrected chi connectivity index (χ0v) is 40.0. The van der Waals surface area contributed by atoms with Gasteiger partial charge in [-0.05, 0) is 72.0 Å². The summed E-state index contributed by atoms with van der Waals surface area (Å²) in [5.41, 5.74) is 2.04. The second-order valence-electron chi connectivity index (χ2n) is 18.8. The highest BCUT2D eigenvalue weighted by molar-refractivity contribution is 6.74. The fourth-order valence-electron chi connectivity index (χ4n) is 5.91. The summed E-state index contributed by atoms with van der Waals surface area (Å²) in [6.45, 7) is 29.1. The van der Waals surface area contributed by atoms with Gasteiger partial charge in [0.25, 0.3) is 0 Å². The lowest BCUT2D eigenvalue weighted by Gasteiger charge is -2.52. The Labute approximate surface area is 350 Å². The van der Waals surface area contributed by atoms with Gasteiger partial charge in [-0.2, -0.15) is 0 Å². The Kier molecular flexibility index (Phi) is 17.4. The summed E-state index contributed by atoms with van der Waals surface area (Å²) in [5.74, 6) is 0.762. The second kappa shape index (κ2) is 20.0. The van der Waals surface area contributed by atoms with E-state index in [0.29, 0.717) is 6.61 Å². The number of rotatable bonds is 21. The first kappa shape index (κ1) is 48.6. The molecule has 1 N–H and O–H groups in total. The average molecular weight is 850 g/mol. The molecule has 1 unspecified atom stereocenters. The summed E-state index contributed by atoms with van der Waals surface area (Å²) in [5, 5.41) is 11.9. The van der Waals surface area contributed by atoms with Crippen LogP contribution in [-0.2, 0) is 42.9 Å². The summed E-state index contributed by atoms with van der Waals surface area (Å²) >= 11 is 13.6. The quantitative estimate of drug-likeness (QED) is 0.0845. The van der Waals surface area contributed by atoms with Crippen molar-refractivity contribution < 1.29 is 32.9 Å². The second-order valence-corrected chi connectivity index (χ2v) is 30.1. The van der Waals surface area contributed by atoms with E-state index in [0.717, 1.165) is 22.4 Å². The Bertz CT molecular complexity index is 1590. The van der Waals surface area contributed by atoms with Crippen LogP contribution in [0.2, 0.25) is 36.3 Å². The number of hydrogen-bond acceptors (Lipinski definition) is 7. The lowest BCUT2D eigenvalue weighted by molar-refractivity contribution is -0.201. The van der Waals surface area contributed by atoms with Crippen molar-refractivity contribution in [1.29, 1.82) is 0 Å². The van der Waals surface area contributed by atoms with E-state index in [4.69, 9.17) is 51.0 Å². The Morgan fingerprint density at radius 1 is 0.589 bits per heavy atom. The van der Waals surface area contributed by atoms with Gasteiger partial charge in [0, 0.05) is 5.41 Å². The molecule has 0 radical (unpaired) electrons. The minimum absolute atomic E-state index is 0.0361. The van der Waals surface area contributed by atoms with Crippen LogP contribution in [0.5, 0.6) is 5.75 Å². The number of aliphatic hydroxyl groups is 1. The van der Waals surface area contributed by atoms with E-state index in [-0.39, 0.29) is 29.9 Å². The Balaban J connectivity index is 2.27. The molecule has 3 aromatic carbocycles. The third-order valence-corrected chi connectivity index (χ3v) is 21.2. The van der Waals surface area contributed by atoms with Gasteiger partial charge in [0.1, 0.15) is 28.4 Å². The van der Waals surface area contributed by atoms with Gasteiger partial charge in [0.05, 0.1) is 45.7 Å². The first-order valence-corrected chi connectivity index (χ1v) is 26.3. The maximum Gasteiger partial charge on any atom is 0.192 e. The molecule has 0 bridgehead atoms. The molecule has 7 nitrogen and oxygen atoms in total. The molecule has 11 heteroatoms. The van der Waals surface area contributed by atoms with Crippen LogP contribution in [0, 0.1) is 5.41 Å². The molecule has 0 spiro atoms. The fourth-order valence-corrected chi connectivity index (χ4v) is 8.60. The molecule has 0 amide bonds. The van der Waals surface area contributed by atoms with Gasteiger partial charge in [-0.1, -0.05) is 151 Å². The smallest absolute Gasteiger partial charge is 0.192 e. The van der Waals surface area contributed by atoms with E-state index in [1.54, 1.807) is 14.0 Å². The van der Waals surface area contributed by atoms with Crippen LogP contribution in [0.3, 0.4) is 0 Å². The predicted octanol–water partition coefficient (Wildman–Crippen LogP) is 11.7. The summed E-state index contributed by atoms with van der Waals surface area (Å²) in [6.07, 6.45) is -4.27. The molecule has 0 aromatic heterocycles. The highest BCUT2D eigenvalue weighted by Gasteiger charge is 2.55. The number of hydrogen-bond donors (Lipinski definition) is 1. The zero-order valence-electron chi connectivity index (χ0n) is 36.5. The van der Waals surface area contributed by atoms with Crippen LogP contribution >= 0.6 is 23.2 Å². The fraction of sp³-hybridized carbons (Fsp3) is 0.600. The Morgan fingerprint density at radius 2 is 1.04 bits per heavy atom. The zero-order chi connectivity index (χ0) is 42.2. The number of aliphatic hydroxyl groups excluding tert-OH is 1. The lowest BCUT2D eigenvalue weighted by atomic mass is 9.74. The van der Waals surface area contributed by atoms with Crippen molar-refractivity contribution in [1.82, 2.24) is 0 Å². The van der Waals surface area contributed by atoms with Crippen molar-refractivity contribution in [3.8, 4) is 5.75 Å². The molecule has 0 heterocycles. The van der Waals surface area contributed by atoms with Gasteiger partial charge in [0.2, 0.25) is 0 Å². The molecule has 0 aliphatic carbocycles. The summed E-state index contributed by atoms with van der Waals surface area (Å²) in [4.78, 5) is 0. The number of alkyl halides is 2.